The Balaban J connectivity index is 2.40. The lowest BCUT2D eigenvalue weighted by atomic mass is 10.1. The van der Waals surface area contributed by atoms with Crippen LogP contribution < -0.4 is 9.47 Å². The molecular formula is C17H22O4. The van der Waals surface area contributed by atoms with Gasteiger partial charge in [-0.3, -0.25) is 0 Å². The van der Waals surface area contributed by atoms with Gasteiger partial charge < -0.3 is 19.7 Å². The first-order chi connectivity index (χ1) is 9.99. The Morgan fingerprint density at radius 2 is 1.57 bits per heavy atom. The maximum atomic E-state index is 9.40. The fourth-order valence-corrected chi connectivity index (χ4v) is 2.14. The molecule has 2 aromatic rings. The Labute approximate surface area is 124 Å². The number of aliphatic hydroxyl groups excluding tert-OH is 2. The van der Waals surface area contributed by atoms with Gasteiger partial charge in [0, 0.05) is 10.8 Å². The highest BCUT2D eigenvalue weighted by Gasteiger charge is 2.11. The van der Waals surface area contributed by atoms with E-state index >= 15 is 0 Å². The number of rotatable bonds is 6. The van der Waals surface area contributed by atoms with Crippen LogP contribution in [0.4, 0.5) is 0 Å². The zero-order chi connectivity index (χ0) is 15.4. The van der Waals surface area contributed by atoms with E-state index in [1.54, 1.807) is 13.8 Å². The van der Waals surface area contributed by atoms with E-state index in [0.29, 0.717) is 0 Å². The second-order valence-electron chi connectivity index (χ2n) is 5.38. The van der Waals surface area contributed by atoms with Gasteiger partial charge in [0.05, 0.1) is 12.2 Å². The number of aliphatic hydroxyl groups is 2. The molecule has 0 aliphatic heterocycles. The van der Waals surface area contributed by atoms with Crippen molar-refractivity contribution >= 4 is 10.8 Å². The zero-order valence-corrected chi connectivity index (χ0v) is 12.7. The molecule has 2 N–H and O–H groups in total. The molecule has 2 atom stereocenters. The van der Waals surface area contributed by atoms with Crippen LogP contribution in [-0.4, -0.2) is 35.6 Å². The summed E-state index contributed by atoms with van der Waals surface area (Å²) in [6.45, 7) is 5.85. The zero-order valence-electron chi connectivity index (χ0n) is 12.7. The molecule has 2 aromatic carbocycles. The van der Waals surface area contributed by atoms with E-state index in [1.165, 1.54) is 0 Å². The molecule has 0 aliphatic rings. The molecule has 0 aromatic heterocycles. The number of fused-ring (bicyclic) bond motifs is 1. The summed E-state index contributed by atoms with van der Waals surface area (Å²) in [5.74, 6) is 1.48. The highest BCUT2D eigenvalue weighted by Crippen LogP contribution is 2.34. The van der Waals surface area contributed by atoms with E-state index in [0.717, 1.165) is 27.8 Å². The molecule has 0 amide bonds. The highest BCUT2D eigenvalue weighted by molar-refractivity contribution is 5.94. The van der Waals surface area contributed by atoms with Crippen molar-refractivity contribution in [2.24, 2.45) is 0 Å². The van der Waals surface area contributed by atoms with Crippen molar-refractivity contribution in [1.29, 1.82) is 0 Å². The van der Waals surface area contributed by atoms with Gasteiger partial charge in [0.15, 0.2) is 0 Å². The van der Waals surface area contributed by atoms with Crippen molar-refractivity contribution in [3.63, 3.8) is 0 Å². The first kappa shape index (κ1) is 15.6. The molecule has 0 spiro atoms. The van der Waals surface area contributed by atoms with Gasteiger partial charge in [0.25, 0.3) is 0 Å². The molecule has 4 nitrogen and oxygen atoms in total. The number of hydrogen-bond donors (Lipinski definition) is 2. The third kappa shape index (κ3) is 3.86. The van der Waals surface area contributed by atoms with Gasteiger partial charge in [-0.25, -0.2) is 0 Å². The first-order valence-corrected chi connectivity index (χ1v) is 7.13. The SMILES string of the molecule is Cc1ccc2c(OCC(C)O)cccc2c1OCC(C)O. The normalized spacial score (nSPS) is 14.0. The van der Waals surface area contributed by atoms with Crippen LogP contribution >= 0.6 is 0 Å². The summed E-state index contributed by atoms with van der Waals surface area (Å²) in [6.07, 6.45) is -1.04. The molecule has 0 fully saturated rings. The van der Waals surface area contributed by atoms with Crippen LogP contribution in [0, 0.1) is 6.92 Å². The van der Waals surface area contributed by atoms with Crippen LogP contribution in [0.25, 0.3) is 10.8 Å². The van der Waals surface area contributed by atoms with E-state index in [-0.39, 0.29) is 13.2 Å². The quantitative estimate of drug-likeness (QED) is 0.858. The number of hydrogen-bond acceptors (Lipinski definition) is 4. The average Bonchev–Trinajstić information content (AvgIpc) is 2.43. The number of benzene rings is 2. The largest absolute Gasteiger partial charge is 0.490 e. The van der Waals surface area contributed by atoms with Crippen LogP contribution in [-0.2, 0) is 0 Å². The summed E-state index contributed by atoms with van der Waals surface area (Å²) in [5, 5.41) is 20.6. The molecule has 0 bridgehead atoms. The molecule has 0 aliphatic carbocycles. The molecule has 114 valence electrons. The highest BCUT2D eigenvalue weighted by atomic mass is 16.5. The van der Waals surface area contributed by atoms with Gasteiger partial charge in [0.2, 0.25) is 0 Å². The summed E-state index contributed by atoms with van der Waals surface area (Å²) >= 11 is 0. The third-order valence-electron chi connectivity index (χ3n) is 3.12. The molecule has 4 heteroatoms. The molecule has 21 heavy (non-hydrogen) atoms. The molecule has 0 saturated carbocycles. The Morgan fingerprint density at radius 3 is 2.24 bits per heavy atom. The Hall–Kier alpha value is -1.78. The third-order valence-corrected chi connectivity index (χ3v) is 3.12. The van der Waals surface area contributed by atoms with Crippen molar-refractivity contribution in [3.05, 3.63) is 35.9 Å². The summed E-state index contributed by atoms with van der Waals surface area (Å²) in [5.41, 5.74) is 1.01. The predicted octanol–water partition coefficient (Wildman–Crippen LogP) is 2.67. The smallest absolute Gasteiger partial charge is 0.130 e. The summed E-state index contributed by atoms with van der Waals surface area (Å²) in [7, 11) is 0. The van der Waals surface area contributed by atoms with Crippen molar-refractivity contribution in [2.75, 3.05) is 13.2 Å². The fourth-order valence-electron chi connectivity index (χ4n) is 2.14. The van der Waals surface area contributed by atoms with Gasteiger partial charge in [-0.1, -0.05) is 24.3 Å². The van der Waals surface area contributed by atoms with Gasteiger partial charge in [-0.2, -0.15) is 0 Å². The monoisotopic (exact) mass is 290 g/mol. The first-order valence-electron chi connectivity index (χ1n) is 7.13. The molecule has 2 unspecified atom stereocenters. The lowest BCUT2D eigenvalue weighted by Gasteiger charge is -2.16. The molecule has 2 rings (SSSR count). The lowest BCUT2D eigenvalue weighted by molar-refractivity contribution is 0.122. The lowest BCUT2D eigenvalue weighted by Crippen LogP contribution is -2.14. The summed E-state index contributed by atoms with van der Waals surface area (Å²) in [6, 6.07) is 9.69. The molecule has 0 heterocycles. The van der Waals surface area contributed by atoms with E-state index in [9.17, 15) is 10.2 Å². The summed E-state index contributed by atoms with van der Waals surface area (Å²) < 4.78 is 11.4. The fraction of sp³-hybridized carbons (Fsp3) is 0.412. The summed E-state index contributed by atoms with van der Waals surface area (Å²) in [4.78, 5) is 0. The van der Waals surface area contributed by atoms with Crippen molar-refractivity contribution in [3.8, 4) is 11.5 Å². The molecule has 0 radical (unpaired) electrons. The van der Waals surface area contributed by atoms with E-state index in [2.05, 4.69) is 0 Å². The second-order valence-corrected chi connectivity index (χ2v) is 5.38. The average molecular weight is 290 g/mol. The van der Waals surface area contributed by atoms with Crippen molar-refractivity contribution < 1.29 is 19.7 Å². The maximum absolute atomic E-state index is 9.40. The number of ether oxygens (including phenoxy) is 2. The Kier molecular flexibility index (Phi) is 5.04. The molecule has 0 saturated heterocycles. The van der Waals surface area contributed by atoms with E-state index in [1.807, 2.05) is 37.3 Å². The van der Waals surface area contributed by atoms with Gasteiger partial charge in [-0.05, 0) is 32.4 Å². The minimum atomic E-state index is -0.519. The molecular weight excluding hydrogens is 268 g/mol. The Morgan fingerprint density at radius 1 is 0.905 bits per heavy atom. The van der Waals surface area contributed by atoms with Gasteiger partial charge in [-0.15, -0.1) is 0 Å². The van der Waals surface area contributed by atoms with Crippen LogP contribution in [0.2, 0.25) is 0 Å². The second kappa shape index (κ2) is 6.78. The van der Waals surface area contributed by atoms with Gasteiger partial charge >= 0.3 is 0 Å². The van der Waals surface area contributed by atoms with Crippen molar-refractivity contribution in [1.82, 2.24) is 0 Å². The Bertz CT molecular complexity index is 605. The van der Waals surface area contributed by atoms with E-state index < -0.39 is 12.2 Å². The topological polar surface area (TPSA) is 58.9 Å². The van der Waals surface area contributed by atoms with Crippen LogP contribution in [0.1, 0.15) is 19.4 Å². The minimum Gasteiger partial charge on any atom is -0.490 e. The minimum absolute atomic E-state index is 0.247. The maximum Gasteiger partial charge on any atom is 0.130 e. The van der Waals surface area contributed by atoms with Crippen LogP contribution in [0.15, 0.2) is 30.3 Å². The predicted molar refractivity (Wildman–Crippen MR) is 83.0 cm³/mol. The van der Waals surface area contributed by atoms with Crippen molar-refractivity contribution in [2.45, 2.75) is 33.0 Å². The standard InChI is InChI=1S/C17H22O4/c1-11-7-8-14-15(17(11)21-10-13(3)19)5-4-6-16(14)20-9-12(2)18/h4-8,12-13,18-19H,9-10H2,1-3H3. The van der Waals surface area contributed by atoms with E-state index in [4.69, 9.17) is 9.47 Å². The van der Waals surface area contributed by atoms with Crippen LogP contribution in [0.3, 0.4) is 0 Å². The van der Waals surface area contributed by atoms with Gasteiger partial charge in [0.1, 0.15) is 24.7 Å². The van der Waals surface area contributed by atoms with Crippen LogP contribution in [0.5, 0.6) is 11.5 Å². The number of aryl methyl sites for hydroxylation is 1.